The van der Waals surface area contributed by atoms with E-state index in [2.05, 4.69) is 53.5 Å². The number of carbonyl (C=O) groups is 12. The number of nitrogens with one attached hydrogen (secondary N) is 10. The SMILES string of the molecule is CC(C)[C@@H]1NC(=O)C(C)(C)/C=C/c2ccc3ccc(nc3c2)[C@@H](C)NC(=O)[C@@H]2CCCN(N2)C(=O)[C@H](Cc2ccccc2)NC1=O.CC(C)[C@@H]1NC(=O)C(C)(C)/C=C/c2ccc3ccc(nc3c2)[C@@H](C)OC(=O)[C@]2(C)CCCN(N2)C(=O)[C@H](C)NC1=O.CC(C)[C@@H]1NC(=O)C2(/C=C/c3ccc4ccc(nc4c3)[C@@H](C)OC(=O)[C@@H]3CCCN(N3)C(=O)[C@H](C)NC1=O)CCC(C)(F)CC2. The van der Waals surface area contributed by atoms with E-state index >= 15 is 0 Å². The van der Waals surface area contributed by atoms with Crippen molar-refractivity contribution in [3.8, 4) is 0 Å². The van der Waals surface area contributed by atoms with Gasteiger partial charge >= 0.3 is 11.9 Å². The molecule has 10 amide bonds. The summed E-state index contributed by atoms with van der Waals surface area (Å²) >= 11 is 0. The normalized spacial score (nSPS) is 28.8. The van der Waals surface area contributed by atoms with Crippen molar-refractivity contribution in [2.75, 3.05) is 19.6 Å². The molecule has 14 rings (SSSR count). The van der Waals surface area contributed by atoms with Gasteiger partial charge in [0.15, 0.2) is 0 Å². The number of hydrogen-bond donors (Lipinski definition) is 10. The number of pyridine rings is 3. The summed E-state index contributed by atoms with van der Waals surface area (Å²) in [6, 6.07) is 31.1. The molecule has 10 N–H and O–H groups in total. The summed E-state index contributed by atoms with van der Waals surface area (Å²) < 4.78 is 26.6. The predicted molar refractivity (Wildman–Crippen MR) is 502 cm³/mol. The fourth-order valence-corrected chi connectivity index (χ4v) is 17.0. The van der Waals surface area contributed by atoms with Crippen molar-refractivity contribution in [3.63, 3.8) is 0 Å². The van der Waals surface area contributed by atoms with Crippen LogP contribution in [0.4, 0.5) is 4.39 Å². The number of esters is 2. The van der Waals surface area contributed by atoms with Gasteiger partial charge in [-0.15, -0.1) is 0 Å². The lowest BCUT2D eigenvalue weighted by Gasteiger charge is -2.41. The number of rotatable bonds is 5. The Hall–Kier alpha value is -12.2. The topological polar surface area (TPSA) is 392 Å². The molecule has 9 heterocycles. The molecule has 3 saturated heterocycles. The number of fused-ring (bicyclic) bond motifs is 12. The highest BCUT2D eigenvalue weighted by atomic mass is 19.1. The lowest BCUT2D eigenvalue weighted by atomic mass is 9.68. The van der Waals surface area contributed by atoms with E-state index in [0.29, 0.717) is 80.8 Å². The van der Waals surface area contributed by atoms with Gasteiger partial charge in [-0.05, 0) is 217 Å². The van der Waals surface area contributed by atoms with E-state index in [4.69, 9.17) is 24.4 Å². The highest BCUT2D eigenvalue weighted by Gasteiger charge is 2.48. The lowest BCUT2D eigenvalue weighted by molar-refractivity contribution is -0.164. The van der Waals surface area contributed by atoms with Gasteiger partial charge in [0.1, 0.15) is 71.8 Å². The minimum absolute atomic E-state index is 0.206. The van der Waals surface area contributed by atoms with Gasteiger partial charge in [0.05, 0.1) is 55.9 Å². The maximum atomic E-state index is 15.0. The number of ether oxygens (including phenoxy) is 2. The van der Waals surface area contributed by atoms with Crippen molar-refractivity contribution >= 4 is 122 Å². The Balaban J connectivity index is 0.000000179. The molecule has 0 unspecified atom stereocenters. The van der Waals surface area contributed by atoms with E-state index < -0.39 is 124 Å². The van der Waals surface area contributed by atoms with E-state index in [1.807, 2.05) is 200 Å². The summed E-state index contributed by atoms with van der Waals surface area (Å²) in [5, 5.41) is 27.2. The van der Waals surface area contributed by atoms with Crippen LogP contribution in [-0.2, 0) is 73.4 Å². The third-order valence-corrected chi connectivity index (χ3v) is 25.9. The Morgan fingerprint density at radius 2 is 0.826 bits per heavy atom. The molecule has 6 aliphatic heterocycles. The molecule has 30 nitrogen and oxygen atoms in total. The Kier molecular flexibility index (Phi) is 31.2. The Bertz CT molecular complexity index is 5590. The lowest BCUT2D eigenvalue weighted by Crippen LogP contribution is -2.65. The van der Waals surface area contributed by atoms with Gasteiger partial charge in [-0.1, -0.05) is 163 Å². The van der Waals surface area contributed by atoms with E-state index in [0.717, 1.165) is 49.4 Å². The first-order chi connectivity index (χ1) is 62.4. The predicted octanol–water partition coefficient (Wildman–Crippen LogP) is 11.5. The zero-order valence-electron chi connectivity index (χ0n) is 78.8. The fraction of sp³-hybridized carbons (Fsp3) is 0.495. The minimum Gasteiger partial charge on any atom is -0.455 e. The molecule has 1 aliphatic carbocycles. The molecule has 7 aliphatic rings. The molecule has 1 spiro atoms. The summed E-state index contributed by atoms with van der Waals surface area (Å²) in [7, 11) is 0. The Morgan fingerprint density at radius 3 is 1.33 bits per heavy atom. The van der Waals surface area contributed by atoms with E-state index in [1.165, 1.54) is 15.0 Å². The zero-order chi connectivity index (χ0) is 95.6. The molecule has 132 heavy (non-hydrogen) atoms. The molecule has 704 valence electrons. The number of carbonyl (C=O) groups excluding carboxylic acids is 12. The van der Waals surface area contributed by atoms with Crippen LogP contribution in [0.2, 0.25) is 0 Å². The van der Waals surface area contributed by atoms with Crippen molar-refractivity contribution in [2.24, 2.45) is 34.0 Å². The average molecular weight is 1810 g/mol. The standard InChI is InChI=1S/C36H44N6O4.C34H44FN5O5.C31H41N5O5/c1-22(2)31-33(44)39-30(21-24-10-7-6-8-11-24)34(45)42-19-9-12-28(41-42)32(43)37-23(3)27-16-15-26-14-13-25(20-29(26)38-27)17-18-36(4,5)35(46)40-31;1-20(2)28-29(41)36-21(3)30(42)40-18-6-7-26(39-40)31(43)45-22(4)25-11-10-24-9-8-23(19-27(24)37-25)12-13-34(32(44)38-28)16-14-33(5,35)15-17-34;1-18(2)25-26(37)32-19(3)27(38)36-16-8-14-31(7,35-36)29(40)41-20(4)23-12-11-22-10-9-21(17-24(22)33-23)13-15-30(5,6)28(39)34-25/h6-8,10-11,13-18,20,22-23,28,30-31,41H,9,12,19,21H2,1-5H3,(H,37,43)(H,39,44)(H,40,46);8-13,19-22,26,28,39H,6-7,14-18H2,1-5H3,(H,36,41)(H,38,44);9-13,15,17-20,25,35H,8,14,16H2,1-7H3,(H,32,37)(H,34,39)/b18-17+;13-12+;15-13+/t23-,28+,30+,31+;21-,22+,26-,28-,33?,34?;19-,20+,25-,31-/m100/s1. The highest BCUT2D eigenvalue weighted by Crippen LogP contribution is 2.45. The zero-order valence-corrected chi connectivity index (χ0v) is 78.8. The summed E-state index contributed by atoms with van der Waals surface area (Å²) in [5.41, 5.74) is 11.2. The van der Waals surface area contributed by atoms with Crippen LogP contribution in [0.25, 0.3) is 50.9 Å². The summed E-state index contributed by atoms with van der Waals surface area (Å²) in [6.07, 6.45) is 14.2. The second-order valence-electron chi connectivity index (χ2n) is 38.9. The average Bonchev–Trinajstić information content (AvgIpc) is 0.893. The first-order valence-corrected chi connectivity index (χ1v) is 46.2. The highest BCUT2D eigenvalue weighted by molar-refractivity contribution is 5.98. The van der Waals surface area contributed by atoms with E-state index in [1.54, 1.807) is 75.3 Å². The van der Waals surface area contributed by atoms with E-state index in [9.17, 15) is 61.9 Å². The summed E-state index contributed by atoms with van der Waals surface area (Å²) in [4.78, 5) is 177. The first kappa shape index (κ1) is 98.8. The van der Waals surface area contributed by atoms with Crippen molar-refractivity contribution in [1.29, 1.82) is 0 Å². The third-order valence-electron chi connectivity index (χ3n) is 25.9. The number of nitrogens with zero attached hydrogens (tertiary/aromatic N) is 6. The molecule has 3 aromatic heterocycles. The fourth-order valence-electron chi connectivity index (χ4n) is 17.0. The summed E-state index contributed by atoms with van der Waals surface area (Å²) in [5.74, 6) is -5.49. The Labute approximate surface area is 771 Å². The van der Waals surface area contributed by atoms with Crippen LogP contribution < -0.4 is 53.5 Å². The Morgan fingerprint density at radius 1 is 0.417 bits per heavy atom. The number of halogens is 1. The molecule has 7 aromatic rings. The van der Waals surface area contributed by atoms with Crippen LogP contribution in [0, 0.1) is 34.0 Å². The van der Waals surface area contributed by atoms with Crippen molar-refractivity contribution in [3.05, 3.63) is 179 Å². The van der Waals surface area contributed by atoms with Crippen LogP contribution in [0.1, 0.15) is 239 Å². The maximum absolute atomic E-state index is 15.0. The number of benzene rings is 4. The van der Waals surface area contributed by atoms with Crippen molar-refractivity contribution < 1.29 is 71.4 Å². The van der Waals surface area contributed by atoms with Crippen LogP contribution in [0.15, 0.2) is 140 Å². The third kappa shape index (κ3) is 24.2. The van der Waals surface area contributed by atoms with E-state index in [-0.39, 0.29) is 91.3 Å². The molecule has 0 radical (unpaired) electrons. The largest absolute Gasteiger partial charge is 0.455 e. The van der Waals surface area contributed by atoms with Gasteiger partial charge in [-0.2, -0.15) is 0 Å². The van der Waals surface area contributed by atoms with Crippen LogP contribution >= 0.6 is 0 Å². The molecule has 4 aromatic carbocycles. The molecular weight excluding hydrogens is 1680 g/mol. The van der Waals surface area contributed by atoms with Gasteiger partial charge in [0, 0.05) is 42.2 Å². The molecule has 31 heteroatoms. The number of hydrogen-bond acceptors (Lipinski definition) is 20. The second-order valence-corrected chi connectivity index (χ2v) is 38.9. The van der Waals surface area contributed by atoms with Crippen LogP contribution in [0.5, 0.6) is 0 Å². The quantitative estimate of drug-likeness (QED) is 0.0716. The number of hydrazine groups is 3. The van der Waals surface area contributed by atoms with Crippen molar-refractivity contribution in [2.45, 2.75) is 266 Å². The second kappa shape index (κ2) is 41.7. The number of cyclic esters (lactones) is 2. The van der Waals surface area contributed by atoms with Gasteiger partial charge in [0.25, 0.3) is 17.7 Å². The molecule has 4 fully saturated rings. The van der Waals surface area contributed by atoms with Gasteiger partial charge in [-0.25, -0.2) is 35.4 Å². The maximum Gasteiger partial charge on any atom is 0.328 e. The van der Waals surface area contributed by atoms with Crippen LogP contribution in [-0.4, -0.2) is 180 Å². The monoisotopic (exact) mass is 1810 g/mol. The van der Waals surface area contributed by atoms with Gasteiger partial charge in [0.2, 0.25) is 41.4 Å². The smallest absolute Gasteiger partial charge is 0.328 e. The molecule has 1 saturated carbocycles. The molecular formula is C101H129FN16O14. The number of amides is 10. The first-order valence-electron chi connectivity index (χ1n) is 46.2. The molecule has 15 bridgehead atoms. The van der Waals surface area contributed by atoms with Gasteiger partial charge < -0.3 is 46.7 Å². The summed E-state index contributed by atoms with van der Waals surface area (Å²) in [6.45, 7) is 31.1. The van der Waals surface area contributed by atoms with Crippen molar-refractivity contribution in [1.82, 2.24) is 83.5 Å². The molecule has 12 atom stereocenters. The minimum atomic E-state index is -1.38. The number of aromatic nitrogens is 3. The number of alkyl halides is 1. The van der Waals surface area contributed by atoms with Crippen LogP contribution in [0.3, 0.4) is 0 Å². The van der Waals surface area contributed by atoms with Gasteiger partial charge in [-0.3, -0.25) is 72.8 Å².